The van der Waals surface area contributed by atoms with Crippen molar-refractivity contribution in [3.63, 3.8) is 0 Å². The quantitative estimate of drug-likeness (QED) is 0.854. The molecular formula is C13H12ClNOS2. The van der Waals surface area contributed by atoms with Crippen LogP contribution in [0.5, 0.6) is 0 Å². The Bertz CT molecular complexity index is 540. The molecule has 2 N–H and O–H groups in total. The Labute approximate surface area is 120 Å². The van der Waals surface area contributed by atoms with Crippen molar-refractivity contribution >= 4 is 40.1 Å². The molecule has 0 saturated heterocycles. The van der Waals surface area contributed by atoms with Gasteiger partial charge in [-0.15, -0.1) is 11.3 Å². The maximum absolute atomic E-state index is 6.14. The molecular weight excluding hydrogens is 286 g/mol. The van der Waals surface area contributed by atoms with Crippen molar-refractivity contribution in [1.29, 1.82) is 0 Å². The van der Waals surface area contributed by atoms with E-state index < -0.39 is 0 Å². The molecule has 0 amide bonds. The predicted molar refractivity (Wildman–Crippen MR) is 80.2 cm³/mol. The van der Waals surface area contributed by atoms with Crippen LogP contribution < -0.4 is 5.73 Å². The number of nitrogens with two attached hydrogens (primary N) is 1. The van der Waals surface area contributed by atoms with Crippen LogP contribution in [0.25, 0.3) is 0 Å². The van der Waals surface area contributed by atoms with Crippen LogP contribution in [0, 0.1) is 0 Å². The number of benzene rings is 1. The average molecular weight is 298 g/mol. The average Bonchev–Trinajstić information content (AvgIpc) is 2.84. The summed E-state index contributed by atoms with van der Waals surface area (Å²) >= 11 is 12.7. The van der Waals surface area contributed by atoms with Gasteiger partial charge in [-0.25, -0.2) is 0 Å². The molecule has 94 valence electrons. The van der Waals surface area contributed by atoms with Crippen molar-refractivity contribution < 1.29 is 4.74 Å². The SMILES string of the molecule is NC(=S)c1ccc(COCc2cccs2)c(Cl)c1. The molecule has 1 heterocycles. The third-order valence-electron chi connectivity index (χ3n) is 2.42. The van der Waals surface area contributed by atoms with Crippen LogP contribution in [0.2, 0.25) is 5.02 Å². The Morgan fingerprint density at radius 3 is 2.78 bits per heavy atom. The topological polar surface area (TPSA) is 35.2 Å². The highest BCUT2D eigenvalue weighted by Crippen LogP contribution is 2.20. The van der Waals surface area contributed by atoms with Crippen molar-refractivity contribution in [2.45, 2.75) is 13.2 Å². The molecule has 0 spiro atoms. The van der Waals surface area contributed by atoms with Crippen LogP contribution in [0.15, 0.2) is 35.7 Å². The van der Waals surface area contributed by atoms with Gasteiger partial charge in [0.05, 0.1) is 13.2 Å². The summed E-state index contributed by atoms with van der Waals surface area (Å²) in [6.45, 7) is 1.08. The van der Waals surface area contributed by atoms with Crippen LogP contribution >= 0.6 is 35.2 Å². The van der Waals surface area contributed by atoms with Gasteiger partial charge in [-0.2, -0.15) is 0 Å². The fourth-order valence-corrected chi connectivity index (χ4v) is 2.48. The normalized spacial score (nSPS) is 10.5. The molecule has 2 rings (SSSR count). The number of ether oxygens (including phenoxy) is 1. The predicted octanol–water partition coefficient (Wildman–Crippen LogP) is 3.75. The molecule has 2 aromatic rings. The van der Waals surface area contributed by atoms with E-state index in [1.165, 1.54) is 4.88 Å². The van der Waals surface area contributed by atoms with E-state index in [0.717, 1.165) is 11.1 Å². The Morgan fingerprint density at radius 2 is 2.17 bits per heavy atom. The minimum absolute atomic E-state index is 0.350. The minimum atomic E-state index is 0.350. The van der Waals surface area contributed by atoms with Crippen LogP contribution in [0.4, 0.5) is 0 Å². The third kappa shape index (κ3) is 3.53. The molecule has 0 radical (unpaired) electrons. The number of thiophene rings is 1. The lowest BCUT2D eigenvalue weighted by molar-refractivity contribution is 0.109. The first kappa shape index (κ1) is 13.5. The summed E-state index contributed by atoms with van der Waals surface area (Å²) in [5.74, 6) is 0. The van der Waals surface area contributed by atoms with Crippen molar-refractivity contribution in [3.05, 3.63) is 56.7 Å². The second-order valence-corrected chi connectivity index (χ2v) is 5.62. The van der Waals surface area contributed by atoms with Crippen LogP contribution in [-0.2, 0) is 18.0 Å². The first-order chi connectivity index (χ1) is 8.66. The summed E-state index contributed by atoms with van der Waals surface area (Å²) in [6.07, 6.45) is 0. The fraction of sp³-hybridized carbons (Fsp3) is 0.154. The molecule has 2 nitrogen and oxygen atoms in total. The smallest absolute Gasteiger partial charge is 0.104 e. The number of halogens is 1. The first-order valence-corrected chi connectivity index (χ1v) is 7.02. The number of rotatable bonds is 5. The summed E-state index contributed by atoms with van der Waals surface area (Å²) in [5, 5.41) is 2.66. The summed E-state index contributed by atoms with van der Waals surface area (Å²) in [4.78, 5) is 1.55. The van der Waals surface area contributed by atoms with E-state index in [0.29, 0.717) is 23.2 Å². The van der Waals surface area contributed by atoms with Crippen LogP contribution in [-0.4, -0.2) is 4.99 Å². The molecule has 0 atom stereocenters. The Balaban J connectivity index is 1.95. The van der Waals surface area contributed by atoms with E-state index in [4.69, 9.17) is 34.3 Å². The van der Waals surface area contributed by atoms with Gasteiger partial charge in [0.15, 0.2) is 0 Å². The maximum atomic E-state index is 6.14. The second kappa shape index (κ2) is 6.29. The number of hydrogen-bond acceptors (Lipinski definition) is 3. The lowest BCUT2D eigenvalue weighted by Gasteiger charge is -2.07. The highest BCUT2D eigenvalue weighted by atomic mass is 35.5. The highest BCUT2D eigenvalue weighted by Gasteiger charge is 2.04. The van der Waals surface area contributed by atoms with Gasteiger partial charge in [0.1, 0.15) is 4.99 Å². The Kier molecular flexibility index (Phi) is 4.72. The van der Waals surface area contributed by atoms with Crippen molar-refractivity contribution in [2.75, 3.05) is 0 Å². The van der Waals surface area contributed by atoms with Crippen molar-refractivity contribution in [1.82, 2.24) is 0 Å². The monoisotopic (exact) mass is 297 g/mol. The second-order valence-electron chi connectivity index (χ2n) is 3.74. The summed E-state index contributed by atoms with van der Waals surface area (Å²) in [6, 6.07) is 9.58. The molecule has 0 bridgehead atoms. The molecule has 0 aliphatic carbocycles. The largest absolute Gasteiger partial charge is 0.389 e. The highest BCUT2D eigenvalue weighted by molar-refractivity contribution is 7.80. The van der Waals surface area contributed by atoms with Crippen LogP contribution in [0.3, 0.4) is 0 Å². The van der Waals surface area contributed by atoms with Crippen LogP contribution in [0.1, 0.15) is 16.0 Å². The zero-order valence-electron chi connectivity index (χ0n) is 9.56. The van der Waals surface area contributed by atoms with E-state index in [-0.39, 0.29) is 0 Å². The lowest BCUT2D eigenvalue weighted by atomic mass is 10.1. The molecule has 0 aliphatic heterocycles. The Hall–Kier alpha value is -0.940. The molecule has 18 heavy (non-hydrogen) atoms. The summed E-state index contributed by atoms with van der Waals surface area (Å²) in [7, 11) is 0. The van der Waals surface area contributed by atoms with Crippen molar-refractivity contribution in [2.24, 2.45) is 5.73 Å². The molecule has 1 aromatic heterocycles. The molecule has 0 saturated carbocycles. The number of thiocarbonyl (C=S) groups is 1. The standard InChI is InChI=1S/C13H12ClNOS2/c14-12-6-9(13(15)17)3-4-10(12)7-16-8-11-2-1-5-18-11/h1-6H,7-8H2,(H2,15,17). The van der Waals surface area contributed by atoms with Gasteiger partial charge in [-0.1, -0.05) is 42.0 Å². The lowest BCUT2D eigenvalue weighted by Crippen LogP contribution is -2.09. The summed E-state index contributed by atoms with van der Waals surface area (Å²) < 4.78 is 5.61. The van der Waals surface area contributed by atoms with E-state index >= 15 is 0 Å². The molecule has 5 heteroatoms. The first-order valence-electron chi connectivity index (χ1n) is 5.35. The van der Waals surface area contributed by atoms with Gasteiger partial charge in [0.25, 0.3) is 0 Å². The fourth-order valence-electron chi connectivity index (χ4n) is 1.47. The maximum Gasteiger partial charge on any atom is 0.104 e. The van der Waals surface area contributed by atoms with E-state index in [1.807, 2.05) is 29.6 Å². The Morgan fingerprint density at radius 1 is 1.33 bits per heavy atom. The molecule has 0 fully saturated rings. The van der Waals surface area contributed by atoms with E-state index in [2.05, 4.69) is 0 Å². The molecule has 1 aromatic carbocycles. The van der Waals surface area contributed by atoms with E-state index in [1.54, 1.807) is 17.4 Å². The van der Waals surface area contributed by atoms with E-state index in [9.17, 15) is 0 Å². The molecule has 0 aliphatic rings. The zero-order chi connectivity index (χ0) is 13.0. The minimum Gasteiger partial charge on any atom is -0.389 e. The number of hydrogen-bond donors (Lipinski definition) is 1. The zero-order valence-corrected chi connectivity index (χ0v) is 11.9. The summed E-state index contributed by atoms with van der Waals surface area (Å²) in [5.41, 5.74) is 7.25. The van der Waals surface area contributed by atoms with Crippen molar-refractivity contribution in [3.8, 4) is 0 Å². The molecule has 0 unspecified atom stereocenters. The third-order valence-corrected chi connectivity index (χ3v) is 3.86. The van der Waals surface area contributed by atoms with Gasteiger partial charge in [-0.3, -0.25) is 0 Å². The van der Waals surface area contributed by atoms with Gasteiger partial charge in [-0.05, 0) is 23.1 Å². The van der Waals surface area contributed by atoms with Gasteiger partial charge in [0.2, 0.25) is 0 Å². The van der Waals surface area contributed by atoms with Gasteiger partial charge >= 0.3 is 0 Å². The van der Waals surface area contributed by atoms with Gasteiger partial charge in [0, 0.05) is 15.5 Å². The van der Waals surface area contributed by atoms with Gasteiger partial charge < -0.3 is 10.5 Å².